The van der Waals surface area contributed by atoms with E-state index in [1.54, 1.807) is 0 Å². The van der Waals surface area contributed by atoms with Crippen LogP contribution in [0.5, 0.6) is 0 Å². The molecule has 0 atom stereocenters. The van der Waals surface area contributed by atoms with Crippen molar-refractivity contribution in [3.05, 3.63) is 0 Å². The van der Waals surface area contributed by atoms with Crippen molar-refractivity contribution in [2.45, 2.75) is 59.4 Å². The molecule has 2 aliphatic rings. The second-order valence-corrected chi connectivity index (χ2v) is 6.21. The molecule has 1 nitrogen and oxygen atoms in total. The van der Waals surface area contributed by atoms with Crippen molar-refractivity contribution in [3.63, 3.8) is 0 Å². The first-order valence-electron chi connectivity index (χ1n) is 5.62. The van der Waals surface area contributed by atoms with Gasteiger partial charge in [0.05, 0.1) is 0 Å². The Morgan fingerprint density at radius 1 is 0.923 bits per heavy atom. The molecule has 0 bridgehead atoms. The van der Waals surface area contributed by atoms with Crippen LogP contribution in [0.25, 0.3) is 0 Å². The monoisotopic (exact) mass is 181 g/mol. The van der Waals surface area contributed by atoms with Gasteiger partial charge in [-0.1, -0.05) is 40.5 Å². The summed E-state index contributed by atoms with van der Waals surface area (Å²) < 4.78 is 0. The van der Waals surface area contributed by atoms with Gasteiger partial charge in [0.2, 0.25) is 0 Å². The molecule has 0 radical (unpaired) electrons. The highest BCUT2D eigenvalue weighted by atomic mass is 14.9. The average molecular weight is 181 g/mol. The van der Waals surface area contributed by atoms with Crippen molar-refractivity contribution in [1.29, 1.82) is 0 Å². The first-order chi connectivity index (χ1) is 5.86. The summed E-state index contributed by atoms with van der Waals surface area (Å²) in [6, 6.07) is 0.387. The van der Waals surface area contributed by atoms with E-state index in [9.17, 15) is 0 Å². The van der Waals surface area contributed by atoms with Gasteiger partial charge in [0.1, 0.15) is 0 Å². The SMILES string of the molecule is CC1(C)C(N)C(C)(C)C12CCCC2. The third kappa shape index (κ3) is 0.782. The van der Waals surface area contributed by atoms with Crippen LogP contribution < -0.4 is 5.73 Å². The minimum absolute atomic E-state index is 0.368. The van der Waals surface area contributed by atoms with Crippen LogP contribution in [0.1, 0.15) is 53.4 Å². The molecule has 0 heterocycles. The molecule has 0 amide bonds. The van der Waals surface area contributed by atoms with Crippen molar-refractivity contribution in [2.24, 2.45) is 22.0 Å². The minimum atomic E-state index is 0.368. The van der Waals surface area contributed by atoms with Gasteiger partial charge in [0.15, 0.2) is 0 Å². The number of rotatable bonds is 0. The molecule has 0 aliphatic heterocycles. The van der Waals surface area contributed by atoms with E-state index in [4.69, 9.17) is 5.73 Å². The molecule has 0 aromatic rings. The minimum Gasteiger partial charge on any atom is -0.327 e. The Hall–Kier alpha value is -0.0400. The Morgan fingerprint density at radius 3 is 1.69 bits per heavy atom. The molecule has 2 rings (SSSR count). The third-order valence-corrected chi connectivity index (χ3v) is 5.48. The predicted molar refractivity (Wildman–Crippen MR) is 56.4 cm³/mol. The molecule has 1 spiro atoms. The molecule has 13 heavy (non-hydrogen) atoms. The fourth-order valence-corrected chi connectivity index (χ4v) is 4.52. The standard InChI is InChI=1S/C12H23N/c1-10(2)9(13)11(3,4)12(10)7-5-6-8-12/h9H,5-8,13H2,1-4H3. The zero-order valence-corrected chi connectivity index (χ0v) is 9.48. The normalized spacial score (nSPS) is 34.8. The van der Waals surface area contributed by atoms with Crippen molar-refractivity contribution < 1.29 is 0 Å². The van der Waals surface area contributed by atoms with Crippen LogP contribution in [0.15, 0.2) is 0 Å². The van der Waals surface area contributed by atoms with E-state index in [2.05, 4.69) is 27.7 Å². The molecular weight excluding hydrogens is 158 g/mol. The van der Waals surface area contributed by atoms with Gasteiger partial charge in [0.25, 0.3) is 0 Å². The van der Waals surface area contributed by atoms with Gasteiger partial charge in [-0.2, -0.15) is 0 Å². The molecule has 0 aromatic carbocycles. The molecule has 2 saturated carbocycles. The Morgan fingerprint density at radius 2 is 1.31 bits per heavy atom. The summed E-state index contributed by atoms with van der Waals surface area (Å²) >= 11 is 0. The van der Waals surface area contributed by atoms with Crippen LogP contribution in [0.2, 0.25) is 0 Å². The largest absolute Gasteiger partial charge is 0.327 e. The van der Waals surface area contributed by atoms with Crippen LogP contribution in [0.4, 0.5) is 0 Å². The molecule has 0 aromatic heterocycles. The smallest absolute Gasteiger partial charge is 0.0153 e. The maximum Gasteiger partial charge on any atom is 0.0153 e. The Balaban J connectivity index is 2.36. The van der Waals surface area contributed by atoms with Crippen LogP contribution in [0.3, 0.4) is 0 Å². The number of nitrogens with two attached hydrogens (primary N) is 1. The van der Waals surface area contributed by atoms with Gasteiger partial charge in [-0.05, 0) is 29.1 Å². The second-order valence-electron chi connectivity index (χ2n) is 6.21. The van der Waals surface area contributed by atoms with E-state index in [1.165, 1.54) is 25.7 Å². The Kier molecular flexibility index (Phi) is 1.69. The number of hydrogen-bond acceptors (Lipinski definition) is 1. The lowest BCUT2D eigenvalue weighted by molar-refractivity contribution is -0.200. The van der Waals surface area contributed by atoms with Crippen molar-refractivity contribution >= 4 is 0 Å². The number of hydrogen-bond donors (Lipinski definition) is 1. The van der Waals surface area contributed by atoms with Crippen LogP contribution in [0, 0.1) is 16.2 Å². The lowest BCUT2D eigenvalue weighted by Gasteiger charge is -2.71. The van der Waals surface area contributed by atoms with Gasteiger partial charge >= 0.3 is 0 Å². The van der Waals surface area contributed by atoms with Crippen LogP contribution >= 0.6 is 0 Å². The fourth-order valence-electron chi connectivity index (χ4n) is 4.52. The first kappa shape index (κ1) is 9.51. The summed E-state index contributed by atoms with van der Waals surface area (Å²) in [5.74, 6) is 0. The highest BCUT2D eigenvalue weighted by molar-refractivity contribution is 5.21. The summed E-state index contributed by atoms with van der Waals surface area (Å²) in [5, 5.41) is 0. The molecule has 0 unspecified atom stereocenters. The van der Waals surface area contributed by atoms with Gasteiger partial charge in [-0.25, -0.2) is 0 Å². The van der Waals surface area contributed by atoms with Gasteiger partial charge in [0, 0.05) is 6.04 Å². The summed E-state index contributed by atoms with van der Waals surface area (Å²) in [4.78, 5) is 0. The lowest BCUT2D eigenvalue weighted by Crippen LogP contribution is -2.73. The van der Waals surface area contributed by atoms with Crippen molar-refractivity contribution in [1.82, 2.24) is 0 Å². The van der Waals surface area contributed by atoms with E-state index < -0.39 is 0 Å². The molecule has 76 valence electrons. The molecule has 2 fully saturated rings. The first-order valence-corrected chi connectivity index (χ1v) is 5.62. The quantitative estimate of drug-likeness (QED) is 0.611. The van der Waals surface area contributed by atoms with Gasteiger partial charge in [-0.3, -0.25) is 0 Å². The van der Waals surface area contributed by atoms with E-state index in [-0.39, 0.29) is 0 Å². The van der Waals surface area contributed by atoms with Crippen molar-refractivity contribution in [2.75, 3.05) is 0 Å². The predicted octanol–water partition coefficient (Wildman–Crippen LogP) is 2.94. The molecule has 2 N–H and O–H groups in total. The fraction of sp³-hybridized carbons (Fsp3) is 1.00. The Bertz CT molecular complexity index is 203. The molecule has 1 heteroatoms. The van der Waals surface area contributed by atoms with Gasteiger partial charge < -0.3 is 5.73 Å². The highest BCUT2D eigenvalue weighted by Crippen LogP contribution is 2.72. The zero-order chi connectivity index (χ0) is 9.91. The van der Waals surface area contributed by atoms with E-state index in [1.807, 2.05) is 0 Å². The van der Waals surface area contributed by atoms with Gasteiger partial charge in [-0.15, -0.1) is 0 Å². The highest BCUT2D eigenvalue weighted by Gasteiger charge is 2.70. The van der Waals surface area contributed by atoms with Crippen LogP contribution in [-0.2, 0) is 0 Å². The van der Waals surface area contributed by atoms with E-state index in [0.29, 0.717) is 22.3 Å². The zero-order valence-electron chi connectivity index (χ0n) is 9.48. The summed E-state index contributed by atoms with van der Waals surface area (Å²) in [6.07, 6.45) is 5.64. The molecular formula is C12H23N. The summed E-state index contributed by atoms with van der Waals surface area (Å²) in [7, 11) is 0. The molecule has 0 saturated heterocycles. The van der Waals surface area contributed by atoms with Crippen LogP contribution in [-0.4, -0.2) is 6.04 Å². The van der Waals surface area contributed by atoms with E-state index in [0.717, 1.165) is 0 Å². The third-order valence-electron chi connectivity index (χ3n) is 5.48. The Labute approximate surface area is 82.1 Å². The molecule has 2 aliphatic carbocycles. The summed E-state index contributed by atoms with van der Waals surface area (Å²) in [6.45, 7) is 9.48. The topological polar surface area (TPSA) is 26.0 Å². The maximum absolute atomic E-state index is 6.29. The second kappa shape index (κ2) is 2.31. The van der Waals surface area contributed by atoms with Crippen molar-refractivity contribution in [3.8, 4) is 0 Å². The van der Waals surface area contributed by atoms with E-state index >= 15 is 0 Å². The maximum atomic E-state index is 6.29. The lowest BCUT2D eigenvalue weighted by atomic mass is 9.35. The summed E-state index contributed by atoms with van der Waals surface area (Å²) in [5.41, 5.74) is 7.58. The average Bonchev–Trinajstić information content (AvgIpc) is 2.52.